The molecule has 3 aromatic rings. The molecule has 1 aromatic heterocycles. The summed E-state index contributed by atoms with van der Waals surface area (Å²) in [5.41, 5.74) is -0.580. The maximum absolute atomic E-state index is 14.1. The molecule has 0 amide bonds. The zero-order chi connectivity index (χ0) is 22.3. The van der Waals surface area contributed by atoms with E-state index in [1.54, 1.807) is 61.5 Å². The average Bonchev–Trinajstić information content (AvgIpc) is 2.75. The molecule has 0 aliphatic rings. The van der Waals surface area contributed by atoms with Gasteiger partial charge in [0, 0.05) is 6.20 Å². The maximum Gasteiger partial charge on any atom is 0.425 e. The van der Waals surface area contributed by atoms with Gasteiger partial charge in [-0.05, 0) is 43.3 Å². The van der Waals surface area contributed by atoms with Gasteiger partial charge in [0.05, 0.1) is 11.4 Å². The summed E-state index contributed by atoms with van der Waals surface area (Å²) in [5, 5.41) is 0. The third kappa shape index (κ3) is 6.05. The molecule has 0 bridgehead atoms. The number of benzene rings is 2. The SMILES string of the molecule is C=C(Oc1ccccc1)/C(=C(\N=C(/C)c1ccccn1)Oc1ccccc1)C(F)(F)F. The topological polar surface area (TPSA) is 43.7 Å². The number of hydrogen-bond donors (Lipinski definition) is 0. The molecule has 0 spiro atoms. The fraction of sp³-hybridized carbons (Fsp3) is 0.0833. The first-order valence-electron chi connectivity index (χ1n) is 9.28. The number of para-hydroxylation sites is 2. The summed E-state index contributed by atoms with van der Waals surface area (Å²) in [6.07, 6.45) is -3.32. The first kappa shape index (κ1) is 21.8. The van der Waals surface area contributed by atoms with Crippen LogP contribution in [-0.2, 0) is 0 Å². The van der Waals surface area contributed by atoms with Crippen molar-refractivity contribution >= 4 is 5.71 Å². The highest BCUT2D eigenvalue weighted by atomic mass is 19.4. The molecule has 0 saturated heterocycles. The number of alkyl halides is 3. The lowest BCUT2D eigenvalue weighted by Gasteiger charge is -2.18. The largest absolute Gasteiger partial charge is 0.457 e. The molecule has 158 valence electrons. The molecule has 0 unspecified atom stereocenters. The summed E-state index contributed by atoms with van der Waals surface area (Å²) in [5.74, 6) is -0.937. The van der Waals surface area contributed by atoms with Crippen molar-refractivity contribution in [3.8, 4) is 11.5 Å². The van der Waals surface area contributed by atoms with E-state index in [0.717, 1.165) is 0 Å². The smallest absolute Gasteiger partial charge is 0.425 e. The van der Waals surface area contributed by atoms with E-state index in [9.17, 15) is 13.2 Å². The number of hydrogen-bond acceptors (Lipinski definition) is 4. The van der Waals surface area contributed by atoms with Crippen molar-refractivity contribution in [2.24, 2.45) is 4.99 Å². The fourth-order valence-corrected chi connectivity index (χ4v) is 2.60. The number of aromatic nitrogens is 1. The van der Waals surface area contributed by atoms with Crippen LogP contribution in [0.25, 0.3) is 0 Å². The number of halogens is 3. The Morgan fingerprint density at radius 3 is 1.90 bits per heavy atom. The van der Waals surface area contributed by atoms with Crippen molar-refractivity contribution in [1.82, 2.24) is 4.98 Å². The number of allylic oxidation sites excluding steroid dienone is 1. The highest BCUT2D eigenvalue weighted by molar-refractivity contribution is 5.97. The van der Waals surface area contributed by atoms with Gasteiger partial charge >= 0.3 is 6.18 Å². The first-order chi connectivity index (χ1) is 14.8. The number of rotatable bonds is 7. The Hall–Kier alpha value is -3.87. The molecule has 0 fully saturated rings. The highest BCUT2D eigenvalue weighted by Crippen LogP contribution is 2.36. The van der Waals surface area contributed by atoms with Crippen LogP contribution in [-0.4, -0.2) is 16.9 Å². The van der Waals surface area contributed by atoms with Crippen LogP contribution in [0.3, 0.4) is 0 Å². The van der Waals surface area contributed by atoms with E-state index in [-0.39, 0.29) is 17.2 Å². The molecule has 4 nitrogen and oxygen atoms in total. The van der Waals surface area contributed by atoms with Gasteiger partial charge in [-0.2, -0.15) is 13.2 Å². The minimum atomic E-state index is -4.84. The molecule has 0 radical (unpaired) electrons. The lowest BCUT2D eigenvalue weighted by Crippen LogP contribution is -2.21. The minimum Gasteiger partial charge on any atom is -0.457 e. The minimum absolute atomic E-state index is 0.185. The molecular formula is C24H19F3N2O2. The van der Waals surface area contributed by atoms with Gasteiger partial charge in [0.25, 0.3) is 0 Å². The molecular weight excluding hydrogens is 405 g/mol. The van der Waals surface area contributed by atoms with Crippen molar-refractivity contribution < 1.29 is 22.6 Å². The van der Waals surface area contributed by atoms with Crippen molar-refractivity contribution in [3.05, 3.63) is 115 Å². The quantitative estimate of drug-likeness (QED) is 0.253. The second kappa shape index (κ2) is 9.75. The van der Waals surface area contributed by atoms with Gasteiger partial charge in [0.15, 0.2) is 5.57 Å². The molecule has 0 saturated carbocycles. The van der Waals surface area contributed by atoms with Gasteiger partial charge in [-0.15, -0.1) is 0 Å². The summed E-state index contributed by atoms with van der Waals surface area (Å²) >= 11 is 0. The van der Waals surface area contributed by atoms with Gasteiger partial charge in [-0.3, -0.25) is 4.98 Å². The van der Waals surface area contributed by atoms with Crippen LogP contribution >= 0.6 is 0 Å². The van der Waals surface area contributed by atoms with Crippen LogP contribution in [0.15, 0.2) is 114 Å². The third-order valence-electron chi connectivity index (χ3n) is 4.02. The number of aliphatic imine (C=N–C) groups is 1. The number of nitrogens with zero attached hydrogens (tertiary/aromatic N) is 2. The highest BCUT2D eigenvalue weighted by Gasteiger charge is 2.41. The molecule has 2 aromatic carbocycles. The Bertz CT molecular complexity index is 1080. The number of pyridine rings is 1. The second-order valence-corrected chi connectivity index (χ2v) is 6.34. The standard InChI is InChI=1S/C24H19F3N2O2/c1-17(21-15-9-10-16-28-21)29-23(31-20-13-7-4-8-14-20)22(24(25,26)27)18(2)30-19-11-5-3-6-12-19/h3-16H,2H2,1H3/b23-22-,29-17+. The Labute approximate surface area is 178 Å². The van der Waals surface area contributed by atoms with Crippen LogP contribution in [0, 0.1) is 0 Å². The third-order valence-corrected chi connectivity index (χ3v) is 4.02. The lowest BCUT2D eigenvalue weighted by molar-refractivity contribution is -0.0944. The number of ether oxygens (including phenoxy) is 2. The molecule has 0 N–H and O–H groups in total. The van der Waals surface area contributed by atoms with E-state index in [2.05, 4.69) is 16.6 Å². The first-order valence-corrected chi connectivity index (χ1v) is 9.28. The van der Waals surface area contributed by atoms with Crippen LogP contribution in [0.4, 0.5) is 13.2 Å². The van der Waals surface area contributed by atoms with E-state index in [4.69, 9.17) is 9.47 Å². The van der Waals surface area contributed by atoms with Gasteiger partial charge in [-0.25, -0.2) is 4.99 Å². The average molecular weight is 424 g/mol. The van der Waals surface area contributed by atoms with Gasteiger partial charge in [0.1, 0.15) is 17.3 Å². The van der Waals surface area contributed by atoms with E-state index in [1.165, 1.54) is 30.5 Å². The second-order valence-electron chi connectivity index (χ2n) is 6.34. The fourth-order valence-electron chi connectivity index (χ4n) is 2.60. The van der Waals surface area contributed by atoms with Crippen molar-refractivity contribution in [1.29, 1.82) is 0 Å². The van der Waals surface area contributed by atoms with E-state index in [1.807, 2.05) is 0 Å². The summed E-state index contributed by atoms with van der Waals surface area (Å²) < 4.78 is 53.3. The Morgan fingerprint density at radius 2 is 1.39 bits per heavy atom. The zero-order valence-electron chi connectivity index (χ0n) is 16.6. The van der Waals surface area contributed by atoms with Crippen LogP contribution in [0.2, 0.25) is 0 Å². The van der Waals surface area contributed by atoms with E-state index in [0.29, 0.717) is 5.69 Å². The zero-order valence-corrected chi connectivity index (χ0v) is 16.6. The van der Waals surface area contributed by atoms with E-state index < -0.39 is 23.4 Å². The maximum atomic E-state index is 14.1. The summed E-state index contributed by atoms with van der Waals surface area (Å²) in [4.78, 5) is 8.25. The molecule has 0 aliphatic carbocycles. The normalized spacial score (nSPS) is 12.7. The Balaban J connectivity index is 2.11. The van der Waals surface area contributed by atoms with E-state index >= 15 is 0 Å². The van der Waals surface area contributed by atoms with Crippen molar-refractivity contribution in [2.45, 2.75) is 13.1 Å². The molecule has 31 heavy (non-hydrogen) atoms. The van der Waals surface area contributed by atoms with Crippen molar-refractivity contribution in [2.75, 3.05) is 0 Å². The molecule has 1 heterocycles. The molecule has 0 atom stereocenters. The Kier molecular flexibility index (Phi) is 6.87. The molecule has 0 aliphatic heterocycles. The molecule has 7 heteroatoms. The summed E-state index contributed by atoms with van der Waals surface area (Å²) in [6, 6.07) is 21.2. The van der Waals surface area contributed by atoms with Gasteiger partial charge in [-0.1, -0.05) is 49.0 Å². The van der Waals surface area contributed by atoms with Crippen molar-refractivity contribution in [3.63, 3.8) is 0 Å². The van der Waals surface area contributed by atoms with Crippen LogP contribution in [0.1, 0.15) is 12.6 Å². The predicted molar refractivity (Wildman–Crippen MR) is 113 cm³/mol. The molecule has 3 rings (SSSR count). The van der Waals surface area contributed by atoms with Gasteiger partial charge < -0.3 is 9.47 Å². The van der Waals surface area contributed by atoms with Crippen LogP contribution in [0.5, 0.6) is 11.5 Å². The summed E-state index contributed by atoms with van der Waals surface area (Å²) in [7, 11) is 0. The van der Waals surface area contributed by atoms with Gasteiger partial charge in [0.2, 0.25) is 5.88 Å². The predicted octanol–water partition coefficient (Wildman–Crippen LogP) is 6.34. The lowest BCUT2D eigenvalue weighted by atomic mass is 10.2. The monoisotopic (exact) mass is 424 g/mol. The summed E-state index contributed by atoms with van der Waals surface area (Å²) in [6.45, 7) is 5.04. The van der Waals surface area contributed by atoms with Crippen LogP contribution < -0.4 is 9.47 Å². The Morgan fingerprint density at radius 1 is 0.839 bits per heavy atom.